The van der Waals surface area contributed by atoms with Crippen LogP contribution in [0.2, 0.25) is 0 Å². The summed E-state index contributed by atoms with van der Waals surface area (Å²) in [5, 5.41) is 12.7. The number of nitrogens with one attached hydrogen (secondary N) is 1. The molecule has 3 aliphatic rings. The first-order chi connectivity index (χ1) is 20.1. The van der Waals surface area contributed by atoms with Crippen LogP contribution in [0.15, 0.2) is 35.3 Å². The molecule has 2 aromatic rings. The molecule has 0 bridgehead atoms. The average molecular weight is 570 g/mol. The van der Waals surface area contributed by atoms with E-state index in [0.29, 0.717) is 22.9 Å². The van der Waals surface area contributed by atoms with Crippen molar-refractivity contribution in [1.82, 2.24) is 19.8 Å². The highest BCUT2D eigenvalue weighted by atomic mass is 16.1. The molecule has 1 saturated heterocycles. The molecule has 3 fully saturated rings. The standard InChI is InChI=1S/C34H47N7O/c1-7-40(6)30(36-5)19-34(17-24(18-34)20-35)26-9-8-10-27(15-26)38-32(42)29-16-28(37-31(39-29)25-11-12-25)22-41-14-13-33(3,4)23(2)21-41/h8-10,15-16,23-25H,7,11-14,17-19,21-22H2,1-6H3,(H,38,42)/t23-,24?,34?/m1/s1. The Hall–Kier alpha value is -3.31. The van der Waals surface area contributed by atoms with Crippen molar-refractivity contribution in [2.75, 3.05) is 39.0 Å². The molecule has 2 aliphatic carbocycles. The molecule has 8 heteroatoms. The van der Waals surface area contributed by atoms with Crippen molar-refractivity contribution in [3.63, 3.8) is 0 Å². The van der Waals surface area contributed by atoms with E-state index in [2.05, 4.69) is 73.1 Å². The maximum Gasteiger partial charge on any atom is 0.274 e. The maximum atomic E-state index is 13.6. The second-order valence-electron chi connectivity index (χ2n) is 13.6. The highest BCUT2D eigenvalue weighted by Gasteiger charge is 2.47. The minimum absolute atomic E-state index is 0.0440. The van der Waals surface area contributed by atoms with E-state index in [1.165, 1.54) is 0 Å². The fourth-order valence-corrected chi connectivity index (χ4v) is 6.48. The third kappa shape index (κ3) is 6.52. The minimum atomic E-state index is -0.204. The molecule has 1 aromatic carbocycles. The molecule has 5 rings (SSSR count). The van der Waals surface area contributed by atoms with Gasteiger partial charge in [0.25, 0.3) is 5.91 Å². The topological polar surface area (TPSA) is 97.5 Å². The average Bonchev–Trinajstić information content (AvgIpc) is 3.80. The first kappa shape index (κ1) is 30.2. The van der Waals surface area contributed by atoms with Crippen LogP contribution in [0.4, 0.5) is 5.69 Å². The third-order valence-corrected chi connectivity index (χ3v) is 10.2. The number of amidine groups is 1. The van der Waals surface area contributed by atoms with Gasteiger partial charge in [-0.05, 0) is 80.7 Å². The van der Waals surface area contributed by atoms with Crippen LogP contribution in [0.3, 0.4) is 0 Å². The fraction of sp³-hybridized carbons (Fsp3) is 0.618. The number of benzene rings is 1. The quantitative estimate of drug-likeness (QED) is 0.293. The number of nitriles is 1. The maximum absolute atomic E-state index is 13.6. The number of piperidine rings is 1. The third-order valence-electron chi connectivity index (χ3n) is 10.2. The molecular weight excluding hydrogens is 522 g/mol. The Morgan fingerprint density at radius 1 is 1.24 bits per heavy atom. The molecule has 1 atom stereocenters. The Labute approximate surface area is 251 Å². The SMILES string of the molecule is CCN(C)C(CC1(c2cccc(NC(=O)c3cc(CN4CCC(C)(C)[C@H](C)C4)nc(C4CC4)n3)c2)CC(C#N)C1)=NC. The smallest absolute Gasteiger partial charge is 0.274 e. The second-order valence-corrected chi connectivity index (χ2v) is 13.6. The summed E-state index contributed by atoms with van der Waals surface area (Å²) in [6, 6.07) is 12.5. The molecular formula is C34H47N7O. The second kappa shape index (κ2) is 12.1. The Morgan fingerprint density at radius 3 is 2.64 bits per heavy atom. The number of aliphatic imine (C=N–C) groups is 1. The first-order valence-corrected chi connectivity index (χ1v) is 15.6. The van der Waals surface area contributed by atoms with Crippen LogP contribution in [0.5, 0.6) is 0 Å². The summed E-state index contributed by atoms with van der Waals surface area (Å²) in [6.45, 7) is 12.9. The van der Waals surface area contributed by atoms with E-state index in [0.717, 1.165) is 93.3 Å². The van der Waals surface area contributed by atoms with Crippen LogP contribution >= 0.6 is 0 Å². The van der Waals surface area contributed by atoms with Crippen molar-refractivity contribution in [3.8, 4) is 6.07 Å². The van der Waals surface area contributed by atoms with Crippen molar-refractivity contribution in [2.45, 2.75) is 84.1 Å². The number of hydrogen-bond acceptors (Lipinski definition) is 6. The van der Waals surface area contributed by atoms with Gasteiger partial charge in [0.05, 0.1) is 17.6 Å². The lowest BCUT2D eigenvalue weighted by atomic mass is 9.57. The predicted octanol–water partition coefficient (Wildman–Crippen LogP) is 6.02. The molecule has 224 valence electrons. The van der Waals surface area contributed by atoms with Gasteiger partial charge in [-0.15, -0.1) is 0 Å². The van der Waals surface area contributed by atoms with E-state index < -0.39 is 0 Å². The van der Waals surface area contributed by atoms with Gasteiger partial charge in [0, 0.05) is 63.1 Å². The fourth-order valence-electron chi connectivity index (χ4n) is 6.48. The molecule has 8 nitrogen and oxygen atoms in total. The van der Waals surface area contributed by atoms with Crippen LogP contribution < -0.4 is 5.32 Å². The molecule has 0 spiro atoms. The molecule has 0 unspecified atom stereocenters. The molecule has 0 radical (unpaired) electrons. The molecule has 2 heterocycles. The highest BCUT2D eigenvalue weighted by molar-refractivity contribution is 6.03. The number of nitrogens with zero attached hydrogens (tertiary/aromatic N) is 6. The number of likely N-dealkylation sites (tertiary alicyclic amines) is 1. The van der Waals surface area contributed by atoms with Gasteiger partial charge >= 0.3 is 0 Å². The molecule has 1 amide bonds. The molecule has 1 aromatic heterocycles. The van der Waals surface area contributed by atoms with Crippen molar-refractivity contribution in [2.24, 2.45) is 22.2 Å². The van der Waals surface area contributed by atoms with Gasteiger partial charge in [-0.25, -0.2) is 9.97 Å². The number of aromatic nitrogens is 2. The lowest BCUT2D eigenvalue weighted by molar-refractivity contribution is 0.0655. The Morgan fingerprint density at radius 2 is 2.00 bits per heavy atom. The summed E-state index contributed by atoms with van der Waals surface area (Å²) in [5.41, 5.74) is 3.44. The summed E-state index contributed by atoms with van der Waals surface area (Å²) >= 11 is 0. The van der Waals surface area contributed by atoms with Gasteiger partial charge in [-0.1, -0.05) is 32.9 Å². The first-order valence-electron chi connectivity index (χ1n) is 15.6. The zero-order valence-corrected chi connectivity index (χ0v) is 26.3. The minimum Gasteiger partial charge on any atom is -0.364 e. The van der Waals surface area contributed by atoms with E-state index in [1.54, 1.807) is 0 Å². The normalized spacial score (nSPS) is 25.8. The number of amides is 1. The summed E-state index contributed by atoms with van der Waals surface area (Å²) in [7, 11) is 3.90. The van der Waals surface area contributed by atoms with Gasteiger partial charge < -0.3 is 10.2 Å². The zero-order chi connectivity index (χ0) is 30.1. The summed E-state index contributed by atoms with van der Waals surface area (Å²) in [4.78, 5) is 32.4. The highest BCUT2D eigenvalue weighted by Crippen LogP contribution is 2.51. The molecule has 1 aliphatic heterocycles. The van der Waals surface area contributed by atoms with Gasteiger partial charge in [0.15, 0.2) is 0 Å². The number of rotatable bonds is 9. The van der Waals surface area contributed by atoms with Gasteiger partial charge in [-0.3, -0.25) is 14.7 Å². The van der Waals surface area contributed by atoms with Gasteiger partial charge in [0.2, 0.25) is 0 Å². The Bertz CT molecular complexity index is 1370. The molecule has 2 saturated carbocycles. The van der Waals surface area contributed by atoms with Crippen molar-refractivity contribution in [1.29, 1.82) is 5.26 Å². The van der Waals surface area contributed by atoms with E-state index in [-0.39, 0.29) is 17.2 Å². The number of anilines is 1. The summed E-state index contributed by atoms with van der Waals surface area (Å²) < 4.78 is 0. The monoisotopic (exact) mass is 569 g/mol. The largest absolute Gasteiger partial charge is 0.364 e. The number of carbonyl (C=O) groups is 1. The van der Waals surface area contributed by atoms with Crippen LogP contribution in [-0.4, -0.2) is 65.2 Å². The van der Waals surface area contributed by atoms with Crippen molar-refractivity contribution < 1.29 is 4.79 Å². The number of hydrogen-bond donors (Lipinski definition) is 1. The van der Waals surface area contributed by atoms with Crippen molar-refractivity contribution in [3.05, 3.63) is 53.1 Å². The number of carbonyl (C=O) groups excluding carboxylic acids is 1. The van der Waals surface area contributed by atoms with Gasteiger partial charge in [-0.2, -0.15) is 5.26 Å². The van der Waals surface area contributed by atoms with Crippen LogP contribution in [0, 0.1) is 28.6 Å². The van der Waals surface area contributed by atoms with Crippen molar-refractivity contribution >= 4 is 17.4 Å². The zero-order valence-electron chi connectivity index (χ0n) is 26.3. The summed E-state index contributed by atoms with van der Waals surface area (Å²) in [5.74, 6) is 2.65. The lowest BCUT2D eigenvalue weighted by Crippen LogP contribution is -2.45. The molecule has 42 heavy (non-hydrogen) atoms. The van der Waals surface area contributed by atoms with Gasteiger partial charge in [0.1, 0.15) is 11.5 Å². The molecule has 1 N–H and O–H groups in total. The van der Waals surface area contributed by atoms with E-state index in [9.17, 15) is 10.1 Å². The Kier molecular flexibility index (Phi) is 8.71. The Balaban J connectivity index is 1.35. The predicted molar refractivity (Wildman–Crippen MR) is 168 cm³/mol. The van der Waals surface area contributed by atoms with E-state index in [4.69, 9.17) is 9.97 Å². The van der Waals surface area contributed by atoms with Crippen LogP contribution in [0.1, 0.15) is 99.7 Å². The van der Waals surface area contributed by atoms with E-state index >= 15 is 0 Å². The summed E-state index contributed by atoms with van der Waals surface area (Å²) in [6.07, 6.45) is 5.70. The lowest BCUT2D eigenvalue weighted by Gasteiger charge is -2.46. The van der Waals surface area contributed by atoms with Crippen LogP contribution in [-0.2, 0) is 12.0 Å². The van der Waals surface area contributed by atoms with Crippen LogP contribution in [0.25, 0.3) is 0 Å². The van der Waals surface area contributed by atoms with E-state index in [1.807, 2.05) is 25.2 Å².